The van der Waals surface area contributed by atoms with Gasteiger partial charge in [0.2, 0.25) is 5.82 Å². The topological polar surface area (TPSA) is 81.2 Å². The summed E-state index contributed by atoms with van der Waals surface area (Å²) in [5, 5.41) is 12.0. The summed E-state index contributed by atoms with van der Waals surface area (Å²) in [6.07, 6.45) is 1.43. The van der Waals surface area contributed by atoms with Crippen LogP contribution in [0.2, 0.25) is 0 Å². The zero-order chi connectivity index (χ0) is 14.7. The Morgan fingerprint density at radius 2 is 2.05 bits per heavy atom. The van der Waals surface area contributed by atoms with Crippen LogP contribution in [0.1, 0.15) is 12.5 Å². The highest BCUT2D eigenvalue weighted by atomic mass is 16.8. The number of hydrogen-bond acceptors (Lipinski definition) is 7. The summed E-state index contributed by atoms with van der Waals surface area (Å²) in [4.78, 5) is 5.36. The van der Waals surface area contributed by atoms with Crippen molar-refractivity contribution in [2.24, 2.45) is 10.2 Å². The Balaban J connectivity index is 1.99. The van der Waals surface area contributed by atoms with Crippen LogP contribution in [0.5, 0.6) is 0 Å². The molecule has 0 aliphatic carbocycles. The first-order valence-electron chi connectivity index (χ1n) is 6.34. The quantitative estimate of drug-likeness (QED) is 0.874. The number of aromatic nitrogens is 1. The van der Waals surface area contributed by atoms with Gasteiger partial charge in [-0.2, -0.15) is 5.11 Å². The maximum absolute atomic E-state index is 5.36. The Labute approximate surface area is 121 Å². The third-order valence-electron chi connectivity index (χ3n) is 3.06. The van der Waals surface area contributed by atoms with E-state index < -0.39 is 5.66 Å². The second-order valence-corrected chi connectivity index (χ2v) is 4.57. The van der Waals surface area contributed by atoms with E-state index in [4.69, 9.17) is 14.1 Å². The normalized spacial score (nSPS) is 21.8. The number of hydroxylamine groups is 1. The number of azo groups is 1. The molecule has 7 nitrogen and oxygen atoms in total. The van der Waals surface area contributed by atoms with Crippen molar-refractivity contribution in [2.45, 2.75) is 12.6 Å². The minimum Gasteiger partial charge on any atom is -0.467 e. The van der Waals surface area contributed by atoms with Crippen molar-refractivity contribution in [1.82, 2.24) is 10.6 Å². The summed E-state index contributed by atoms with van der Waals surface area (Å²) in [5.74, 6) is 0.749. The predicted octanol–water partition coefficient (Wildman–Crippen LogP) is 3.02. The Kier molecular flexibility index (Phi) is 3.41. The number of methoxy groups -OCH3 is 1. The number of nitrogens with zero attached hydrogens (tertiary/aromatic N) is 3. The van der Waals surface area contributed by atoms with Gasteiger partial charge in [0, 0.05) is 6.07 Å². The molecule has 0 saturated carbocycles. The average molecular weight is 286 g/mol. The maximum atomic E-state index is 5.36. The summed E-state index contributed by atoms with van der Waals surface area (Å²) in [5.41, 5.74) is 3.64. The lowest BCUT2D eigenvalue weighted by molar-refractivity contribution is 0.00305. The molecule has 2 aromatic rings. The fraction of sp³-hybridized carbons (Fsp3) is 0.214. The summed E-state index contributed by atoms with van der Waals surface area (Å²) >= 11 is 0. The molecule has 0 saturated heterocycles. The molecule has 1 unspecified atom stereocenters. The first kappa shape index (κ1) is 13.3. The van der Waals surface area contributed by atoms with Crippen molar-refractivity contribution in [1.29, 1.82) is 0 Å². The lowest BCUT2D eigenvalue weighted by Gasteiger charge is -2.18. The van der Waals surface area contributed by atoms with Crippen molar-refractivity contribution < 1.29 is 14.1 Å². The molecule has 0 amide bonds. The lowest BCUT2D eigenvalue weighted by Crippen LogP contribution is -2.35. The second-order valence-electron chi connectivity index (χ2n) is 4.57. The van der Waals surface area contributed by atoms with Crippen molar-refractivity contribution in [3.05, 3.63) is 54.2 Å². The molecule has 3 rings (SSSR count). The first-order valence-corrected chi connectivity index (χ1v) is 6.34. The molecule has 0 fully saturated rings. The molecule has 1 aliphatic heterocycles. The van der Waals surface area contributed by atoms with E-state index in [0.29, 0.717) is 11.8 Å². The molecular formula is C14H14N4O3. The van der Waals surface area contributed by atoms with Gasteiger partial charge in [0.25, 0.3) is 0 Å². The van der Waals surface area contributed by atoms with Gasteiger partial charge >= 0.3 is 5.95 Å². The molecular weight excluding hydrogens is 272 g/mol. The lowest BCUT2D eigenvalue weighted by atomic mass is 9.96. The summed E-state index contributed by atoms with van der Waals surface area (Å²) < 4.78 is 9.99. The molecule has 1 aromatic heterocycles. The minimum absolute atomic E-state index is 0.364. The van der Waals surface area contributed by atoms with Crippen molar-refractivity contribution in [3.8, 4) is 0 Å². The Morgan fingerprint density at radius 1 is 1.24 bits per heavy atom. The van der Waals surface area contributed by atoms with Gasteiger partial charge in [-0.25, -0.2) is 0 Å². The van der Waals surface area contributed by atoms with E-state index >= 15 is 0 Å². The minimum atomic E-state index is -0.883. The molecule has 7 heteroatoms. The van der Waals surface area contributed by atoms with Gasteiger partial charge in [0.1, 0.15) is 6.26 Å². The van der Waals surface area contributed by atoms with Crippen LogP contribution in [0.15, 0.2) is 63.4 Å². The van der Waals surface area contributed by atoms with Gasteiger partial charge in [-0.1, -0.05) is 35.5 Å². The average Bonchev–Trinajstić information content (AvgIpc) is 3.14. The van der Waals surface area contributed by atoms with Gasteiger partial charge in [-0.3, -0.25) is 0 Å². The molecule has 1 N–H and O–H groups in total. The van der Waals surface area contributed by atoms with Gasteiger partial charge in [0.05, 0.1) is 12.7 Å². The number of benzene rings is 1. The van der Waals surface area contributed by atoms with Crippen molar-refractivity contribution in [3.63, 3.8) is 0 Å². The highest BCUT2D eigenvalue weighted by Gasteiger charge is 2.41. The molecule has 0 spiro atoms. The number of ether oxygens (including phenoxy) is 1. The molecule has 21 heavy (non-hydrogen) atoms. The standard InChI is InChI=1S/C14H14N4O3/c1-14(17-15-11-8-9-20-16-11)12(13(19-2)21-18-14)10-6-4-3-5-7-10/h3-9,18H,1-2H3. The van der Waals surface area contributed by atoms with E-state index in [1.54, 1.807) is 13.2 Å². The van der Waals surface area contributed by atoms with E-state index in [1.165, 1.54) is 6.26 Å². The monoisotopic (exact) mass is 286 g/mol. The molecule has 0 bridgehead atoms. The van der Waals surface area contributed by atoms with E-state index in [9.17, 15) is 0 Å². The van der Waals surface area contributed by atoms with Crippen LogP contribution in [-0.4, -0.2) is 17.9 Å². The van der Waals surface area contributed by atoms with Crippen LogP contribution >= 0.6 is 0 Å². The summed E-state index contributed by atoms with van der Waals surface area (Å²) in [6, 6.07) is 11.3. The molecule has 2 heterocycles. The van der Waals surface area contributed by atoms with Crippen LogP contribution < -0.4 is 5.48 Å². The second kappa shape index (κ2) is 5.37. The van der Waals surface area contributed by atoms with Crippen LogP contribution in [0.4, 0.5) is 5.82 Å². The Morgan fingerprint density at radius 3 is 2.71 bits per heavy atom. The van der Waals surface area contributed by atoms with Gasteiger partial charge in [-0.15, -0.1) is 10.6 Å². The molecule has 1 aliphatic rings. The zero-order valence-corrected chi connectivity index (χ0v) is 11.6. The van der Waals surface area contributed by atoms with Gasteiger partial charge < -0.3 is 14.1 Å². The van der Waals surface area contributed by atoms with Crippen LogP contribution in [0.3, 0.4) is 0 Å². The molecule has 1 atom stereocenters. The third kappa shape index (κ3) is 2.50. The summed E-state index contributed by atoms with van der Waals surface area (Å²) in [6.45, 7) is 1.84. The summed E-state index contributed by atoms with van der Waals surface area (Å²) in [7, 11) is 1.54. The SMILES string of the molecule is COC1=C(c2ccccc2)C(C)(N=Nc2ccon2)NO1. The Hall–Kier alpha value is -2.67. The molecule has 1 aromatic carbocycles. The van der Waals surface area contributed by atoms with Crippen molar-refractivity contribution >= 4 is 11.4 Å². The van der Waals surface area contributed by atoms with Crippen molar-refractivity contribution in [2.75, 3.05) is 7.11 Å². The zero-order valence-electron chi connectivity index (χ0n) is 11.6. The number of rotatable bonds is 4. The maximum Gasteiger partial charge on any atom is 0.307 e. The molecule has 0 radical (unpaired) electrons. The highest BCUT2D eigenvalue weighted by molar-refractivity contribution is 5.74. The van der Waals surface area contributed by atoms with Crippen LogP contribution in [0.25, 0.3) is 5.57 Å². The number of hydrogen-bond donors (Lipinski definition) is 1. The largest absolute Gasteiger partial charge is 0.467 e. The van der Waals surface area contributed by atoms with E-state index in [2.05, 4.69) is 20.9 Å². The highest BCUT2D eigenvalue weighted by Crippen LogP contribution is 2.37. The van der Waals surface area contributed by atoms with Gasteiger partial charge in [0.15, 0.2) is 5.66 Å². The predicted molar refractivity (Wildman–Crippen MR) is 74.0 cm³/mol. The fourth-order valence-corrected chi connectivity index (χ4v) is 2.07. The van der Waals surface area contributed by atoms with E-state index in [1.807, 2.05) is 37.3 Å². The number of nitrogens with one attached hydrogen (secondary N) is 1. The van der Waals surface area contributed by atoms with Crippen LogP contribution in [0, 0.1) is 0 Å². The first-order chi connectivity index (χ1) is 10.2. The Bertz CT molecular complexity index is 667. The third-order valence-corrected chi connectivity index (χ3v) is 3.06. The smallest absolute Gasteiger partial charge is 0.307 e. The van der Waals surface area contributed by atoms with Gasteiger partial charge in [-0.05, 0) is 12.5 Å². The van der Waals surface area contributed by atoms with E-state index in [0.717, 1.165) is 11.1 Å². The fourth-order valence-electron chi connectivity index (χ4n) is 2.07. The molecule has 108 valence electrons. The van der Waals surface area contributed by atoms with E-state index in [-0.39, 0.29) is 0 Å². The van der Waals surface area contributed by atoms with Crippen LogP contribution in [-0.2, 0) is 9.57 Å².